The third-order valence-corrected chi connectivity index (χ3v) is 7.11. The van der Waals surface area contributed by atoms with Crippen LogP contribution in [0.2, 0.25) is 0 Å². The molecule has 0 aliphatic carbocycles. The second-order valence-electron chi connectivity index (χ2n) is 7.42. The predicted octanol–water partition coefficient (Wildman–Crippen LogP) is 5.35. The monoisotopic (exact) mass is 424 g/mol. The third-order valence-electron chi connectivity index (χ3n) is 5.37. The van der Waals surface area contributed by atoms with E-state index in [1.165, 1.54) is 0 Å². The summed E-state index contributed by atoms with van der Waals surface area (Å²) < 4.78 is 24.8. The van der Waals surface area contributed by atoms with E-state index in [9.17, 15) is 18.5 Å². The van der Waals surface area contributed by atoms with Gasteiger partial charge in [0.1, 0.15) is 0 Å². The van der Waals surface area contributed by atoms with E-state index in [0.717, 1.165) is 11.1 Å². The Bertz CT molecular complexity index is 1260. The van der Waals surface area contributed by atoms with Crippen molar-refractivity contribution in [3.05, 3.63) is 75.1 Å². The molecule has 1 aromatic heterocycles. The molecule has 0 N–H and O–H groups in total. The number of aromatic nitrogens is 1. The van der Waals surface area contributed by atoms with Gasteiger partial charge in [-0.15, -0.1) is 0 Å². The minimum atomic E-state index is -3.41. The lowest BCUT2D eigenvalue weighted by molar-refractivity contribution is -0.384. The molecule has 6 nitrogen and oxygen atoms in total. The zero-order chi connectivity index (χ0) is 22.2. The molecule has 0 fully saturated rings. The highest BCUT2D eigenvalue weighted by Crippen LogP contribution is 2.43. The van der Waals surface area contributed by atoms with Crippen molar-refractivity contribution in [1.29, 1.82) is 0 Å². The van der Waals surface area contributed by atoms with Crippen molar-refractivity contribution in [2.75, 3.05) is 5.75 Å². The van der Waals surface area contributed by atoms with Crippen LogP contribution in [0, 0.1) is 37.8 Å². The van der Waals surface area contributed by atoms with Crippen LogP contribution in [0.15, 0.2) is 47.5 Å². The number of pyridine rings is 1. The van der Waals surface area contributed by atoms with E-state index in [2.05, 4.69) is 4.98 Å². The van der Waals surface area contributed by atoms with E-state index in [-0.39, 0.29) is 21.3 Å². The van der Waals surface area contributed by atoms with Crippen molar-refractivity contribution >= 4 is 15.5 Å². The van der Waals surface area contributed by atoms with Crippen LogP contribution in [0.25, 0.3) is 22.3 Å². The van der Waals surface area contributed by atoms with Crippen LogP contribution in [-0.4, -0.2) is 24.1 Å². The van der Waals surface area contributed by atoms with Crippen molar-refractivity contribution in [3.8, 4) is 22.3 Å². The Morgan fingerprint density at radius 3 is 2.37 bits per heavy atom. The highest BCUT2D eigenvalue weighted by atomic mass is 32.2. The maximum absolute atomic E-state index is 12.4. The van der Waals surface area contributed by atoms with Gasteiger partial charge >= 0.3 is 0 Å². The molecule has 30 heavy (non-hydrogen) atoms. The van der Waals surface area contributed by atoms with Crippen LogP contribution in [0.1, 0.15) is 29.3 Å². The molecule has 0 saturated heterocycles. The van der Waals surface area contributed by atoms with Crippen LogP contribution in [0.5, 0.6) is 0 Å². The lowest BCUT2D eigenvalue weighted by atomic mass is 9.88. The minimum absolute atomic E-state index is 0.0166. The standard InChI is InChI=1S/C23H24N2O4S/c1-6-30(28,29)19-9-7-8-18(12-19)21-11-15(3)16(4)23(25(26)27)22(21)20-10-14(2)13-24-17(20)5/h7-13H,6H2,1-5H3. The smallest absolute Gasteiger partial charge is 0.261 e. The molecule has 0 aliphatic rings. The predicted molar refractivity (Wildman–Crippen MR) is 118 cm³/mol. The number of rotatable bonds is 5. The summed E-state index contributed by atoms with van der Waals surface area (Å²) in [6.45, 7) is 8.85. The summed E-state index contributed by atoms with van der Waals surface area (Å²) in [4.78, 5) is 16.3. The van der Waals surface area contributed by atoms with Gasteiger partial charge < -0.3 is 0 Å². The van der Waals surface area contributed by atoms with E-state index in [1.807, 2.05) is 32.9 Å². The van der Waals surface area contributed by atoms with Crippen LogP contribution >= 0.6 is 0 Å². The molecule has 7 heteroatoms. The Balaban J connectivity index is 2.46. The van der Waals surface area contributed by atoms with E-state index in [4.69, 9.17) is 0 Å². The van der Waals surface area contributed by atoms with Crippen LogP contribution in [-0.2, 0) is 9.84 Å². The number of hydrogen-bond acceptors (Lipinski definition) is 5. The molecule has 0 aliphatic heterocycles. The topological polar surface area (TPSA) is 90.2 Å². The fraction of sp³-hybridized carbons (Fsp3) is 0.261. The minimum Gasteiger partial charge on any atom is -0.261 e. The number of hydrogen-bond donors (Lipinski definition) is 0. The molecule has 0 bridgehead atoms. The van der Waals surface area contributed by atoms with Gasteiger partial charge in [0, 0.05) is 23.0 Å². The van der Waals surface area contributed by atoms with Gasteiger partial charge in [-0.2, -0.15) is 0 Å². The van der Waals surface area contributed by atoms with Crippen molar-refractivity contribution in [2.45, 2.75) is 39.5 Å². The van der Waals surface area contributed by atoms with Gasteiger partial charge in [-0.25, -0.2) is 8.42 Å². The maximum Gasteiger partial charge on any atom is 0.281 e. The Labute approximate surface area is 176 Å². The first kappa shape index (κ1) is 21.6. The van der Waals surface area contributed by atoms with Crippen molar-refractivity contribution < 1.29 is 13.3 Å². The number of nitro benzene ring substituents is 1. The summed E-state index contributed by atoms with van der Waals surface area (Å²) in [5.74, 6) is -0.0166. The number of nitro groups is 1. The number of nitrogens with zero attached hydrogens (tertiary/aromatic N) is 2. The Morgan fingerprint density at radius 2 is 1.73 bits per heavy atom. The number of benzene rings is 2. The summed E-state index contributed by atoms with van der Waals surface area (Å²) >= 11 is 0. The molecule has 2 aromatic carbocycles. The first-order chi connectivity index (χ1) is 14.1. The van der Waals surface area contributed by atoms with Gasteiger partial charge in [0.05, 0.1) is 21.1 Å². The number of sulfone groups is 1. The molecule has 156 valence electrons. The zero-order valence-electron chi connectivity index (χ0n) is 17.7. The van der Waals surface area contributed by atoms with Crippen LogP contribution in [0.3, 0.4) is 0 Å². The van der Waals surface area contributed by atoms with E-state index < -0.39 is 9.84 Å². The summed E-state index contributed by atoms with van der Waals surface area (Å²) in [7, 11) is -3.41. The maximum atomic E-state index is 12.4. The van der Waals surface area contributed by atoms with Gasteiger partial charge in [-0.3, -0.25) is 15.1 Å². The van der Waals surface area contributed by atoms with E-state index >= 15 is 0 Å². The quantitative estimate of drug-likeness (QED) is 0.407. The molecule has 0 radical (unpaired) electrons. The average Bonchev–Trinajstić information content (AvgIpc) is 2.71. The molecule has 3 rings (SSSR count). The molecule has 0 amide bonds. The molecule has 0 atom stereocenters. The van der Waals surface area contributed by atoms with Crippen molar-refractivity contribution in [1.82, 2.24) is 4.98 Å². The second kappa shape index (κ2) is 7.99. The Hall–Kier alpha value is -3.06. The Kier molecular flexibility index (Phi) is 5.76. The molecular formula is C23H24N2O4S. The largest absolute Gasteiger partial charge is 0.281 e. The van der Waals surface area contributed by atoms with Gasteiger partial charge in [0.2, 0.25) is 0 Å². The molecule has 0 unspecified atom stereocenters. The summed E-state index contributed by atoms with van der Waals surface area (Å²) in [6.07, 6.45) is 1.72. The summed E-state index contributed by atoms with van der Waals surface area (Å²) in [5.41, 5.74) is 5.29. The molecular weight excluding hydrogens is 400 g/mol. The average molecular weight is 425 g/mol. The van der Waals surface area contributed by atoms with Crippen molar-refractivity contribution in [3.63, 3.8) is 0 Å². The SMILES string of the molecule is CCS(=O)(=O)c1cccc(-c2cc(C)c(C)c([N+](=O)[O-])c2-c2cc(C)cnc2C)c1. The summed E-state index contributed by atoms with van der Waals surface area (Å²) in [5, 5.41) is 12.1. The number of aryl methyl sites for hydroxylation is 3. The fourth-order valence-corrected chi connectivity index (χ4v) is 4.47. The Morgan fingerprint density at radius 1 is 1.03 bits per heavy atom. The van der Waals surface area contributed by atoms with Gasteiger partial charge in [0.25, 0.3) is 5.69 Å². The van der Waals surface area contributed by atoms with Crippen LogP contribution in [0.4, 0.5) is 5.69 Å². The lowest BCUT2D eigenvalue weighted by Gasteiger charge is -2.17. The molecule has 0 saturated carbocycles. The second-order valence-corrected chi connectivity index (χ2v) is 9.70. The van der Waals surface area contributed by atoms with E-state index in [1.54, 1.807) is 44.3 Å². The first-order valence-corrected chi connectivity index (χ1v) is 11.3. The van der Waals surface area contributed by atoms with E-state index in [0.29, 0.717) is 33.5 Å². The summed E-state index contributed by atoms with van der Waals surface area (Å²) in [6, 6.07) is 10.4. The highest BCUT2D eigenvalue weighted by molar-refractivity contribution is 7.91. The van der Waals surface area contributed by atoms with Crippen LogP contribution < -0.4 is 0 Å². The highest BCUT2D eigenvalue weighted by Gasteiger charge is 2.27. The van der Waals surface area contributed by atoms with Gasteiger partial charge in [0.15, 0.2) is 9.84 Å². The van der Waals surface area contributed by atoms with Gasteiger partial charge in [-0.05, 0) is 68.1 Å². The first-order valence-electron chi connectivity index (χ1n) is 9.62. The normalized spacial score (nSPS) is 11.5. The fourth-order valence-electron chi connectivity index (χ4n) is 3.54. The molecule has 1 heterocycles. The van der Waals surface area contributed by atoms with Gasteiger partial charge in [-0.1, -0.05) is 25.1 Å². The van der Waals surface area contributed by atoms with Crippen molar-refractivity contribution in [2.24, 2.45) is 0 Å². The third kappa shape index (κ3) is 3.85. The lowest BCUT2D eigenvalue weighted by Crippen LogP contribution is -2.05. The zero-order valence-corrected chi connectivity index (χ0v) is 18.5. The molecule has 0 spiro atoms. The molecule has 3 aromatic rings.